The number of rotatable bonds is 6. The molecule has 0 aliphatic rings. The minimum absolute atomic E-state index is 0.227. The van der Waals surface area contributed by atoms with Crippen molar-refractivity contribution in [2.24, 2.45) is 0 Å². The highest BCUT2D eigenvalue weighted by atomic mass is 32.2. The van der Waals surface area contributed by atoms with Crippen LogP contribution >= 0.6 is 22.7 Å². The van der Waals surface area contributed by atoms with E-state index in [2.05, 4.69) is 15.0 Å². The molecule has 18 heavy (non-hydrogen) atoms. The van der Waals surface area contributed by atoms with Crippen LogP contribution in [0, 0.1) is 0 Å². The average Bonchev–Trinajstić information content (AvgIpc) is 2.98. The predicted molar refractivity (Wildman–Crippen MR) is 73.2 cm³/mol. The van der Waals surface area contributed by atoms with E-state index >= 15 is 0 Å². The molecule has 2 N–H and O–H groups in total. The zero-order valence-corrected chi connectivity index (χ0v) is 12.2. The molecule has 2 rings (SSSR count). The van der Waals surface area contributed by atoms with Crippen LogP contribution < -0.4 is 10.0 Å². The zero-order chi connectivity index (χ0) is 13.0. The minimum Gasteiger partial charge on any atom is -0.316 e. The molecule has 0 aromatic carbocycles. The molecule has 0 saturated heterocycles. The fourth-order valence-corrected chi connectivity index (χ4v) is 4.17. The summed E-state index contributed by atoms with van der Waals surface area (Å²) in [5.41, 5.74) is 3.38. The molecule has 0 bridgehead atoms. The van der Waals surface area contributed by atoms with Crippen molar-refractivity contribution in [2.45, 2.75) is 17.3 Å². The lowest BCUT2D eigenvalue weighted by molar-refractivity contribution is 0.582. The summed E-state index contributed by atoms with van der Waals surface area (Å²) in [5, 5.41) is 6.65. The van der Waals surface area contributed by atoms with Gasteiger partial charge in [-0.3, -0.25) is 0 Å². The lowest BCUT2D eigenvalue weighted by Gasteiger charge is -2.02. The molecule has 0 amide bonds. The van der Waals surface area contributed by atoms with Crippen LogP contribution in [-0.4, -0.2) is 20.4 Å². The molecule has 0 spiro atoms. The maximum absolute atomic E-state index is 12.0. The van der Waals surface area contributed by atoms with E-state index in [0.29, 0.717) is 10.8 Å². The maximum Gasteiger partial charge on any atom is 0.250 e. The topological polar surface area (TPSA) is 71.1 Å². The van der Waals surface area contributed by atoms with Gasteiger partial charge >= 0.3 is 0 Å². The number of thiophene rings is 1. The molecule has 0 atom stereocenters. The Hall–Kier alpha value is -0.800. The van der Waals surface area contributed by atoms with E-state index in [-0.39, 0.29) is 6.54 Å². The van der Waals surface area contributed by atoms with Crippen molar-refractivity contribution < 1.29 is 8.42 Å². The minimum atomic E-state index is -3.43. The number of hydrogen-bond donors (Lipinski definition) is 2. The Labute approximate surface area is 114 Å². The van der Waals surface area contributed by atoms with Crippen LogP contribution in [0.2, 0.25) is 0 Å². The summed E-state index contributed by atoms with van der Waals surface area (Å²) in [6.45, 7) is 0.892. The van der Waals surface area contributed by atoms with Gasteiger partial charge in [0.1, 0.15) is 4.21 Å². The van der Waals surface area contributed by atoms with Gasteiger partial charge in [-0.1, -0.05) is 0 Å². The molecule has 0 unspecified atom stereocenters. The molecular formula is C10H13N3O2S3. The third-order valence-electron chi connectivity index (χ3n) is 2.20. The average molecular weight is 303 g/mol. The zero-order valence-electron chi connectivity index (χ0n) is 9.71. The lowest BCUT2D eigenvalue weighted by Crippen LogP contribution is -2.22. The highest BCUT2D eigenvalue weighted by Crippen LogP contribution is 2.20. The summed E-state index contributed by atoms with van der Waals surface area (Å²) < 4.78 is 26.9. The van der Waals surface area contributed by atoms with E-state index in [4.69, 9.17) is 0 Å². The van der Waals surface area contributed by atoms with Crippen molar-refractivity contribution in [3.8, 4) is 0 Å². The Bertz CT molecular complexity index is 590. The van der Waals surface area contributed by atoms with Gasteiger partial charge in [0.2, 0.25) is 10.0 Å². The summed E-state index contributed by atoms with van der Waals surface area (Å²) in [7, 11) is -1.60. The molecule has 2 heterocycles. The second-order valence-corrected chi connectivity index (χ2v) is 7.23. The molecule has 0 radical (unpaired) electrons. The molecule has 2 aromatic rings. The monoisotopic (exact) mass is 303 g/mol. The molecule has 0 fully saturated rings. The van der Waals surface area contributed by atoms with E-state index < -0.39 is 10.0 Å². The normalized spacial score (nSPS) is 11.8. The van der Waals surface area contributed by atoms with E-state index in [1.54, 1.807) is 11.6 Å². The highest BCUT2D eigenvalue weighted by Gasteiger charge is 2.16. The Kier molecular flexibility index (Phi) is 4.46. The fraction of sp³-hybridized carbons (Fsp3) is 0.300. The van der Waals surface area contributed by atoms with Gasteiger partial charge in [0, 0.05) is 11.9 Å². The Morgan fingerprint density at radius 3 is 2.83 bits per heavy atom. The first kappa shape index (κ1) is 13.6. The quantitative estimate of drug-likeness (QED) is 0.846. The molecule has 0 aliphatic heterocycles. The van der Waals surface area contributed by atoms with Crippen LogP contribution in [0.25, 0.3) is 0 Å². The largest absolute Gasteiger partial charge is 0.316 e. The van der Waals surface area contributed by atoms with E-state index in [0.717, 1.165) is 11.3 Å². The van der Waals surface area contributed by atoms with Crippen molar-refractivity contribution in [3.05, 3.63) is 33.6 Å². The number of thiazole rings is 1. The van der Waals surface area contributed by atoms with Gasteiger partial charge in [-0.15, -0.1) is 22.7 Å². The summed E-state index contributed by atoms with van der Waals surface area (Å²) >= 11 is 2.67. The molecule has 2 aromatic heterocycles. The Balaban J connectivity index is 2.05. The number of aromatic nitrogens is 1. The number of sulfonamides is 1. The predicted octanol–water partition coefficient (Wildman–Crippen LogP) is 1.40. The summed E-state index contributed by atoms with van der Waals surface area (Å²) in [4.78, 5) is 4.03. The maximum atomic E-state index is 12.0. The molecule has 98 valence electrons. The highest BCUT2D eigenvalue weighted by molar-refractivity contribution is 7.91. The van der Waals surface area contributed by atoms with Crippen LogP contribution in [-0.2, 0) is 23.1 Å². The van der Waals surface area contributed by atoms with Crippen LogP contribution in [0.4, 0.5) is 0 Å². The van der Waals surface area contributed by atoms with Gasteiger partial charge in [0.05, 0.1) is 17.7 Å². The number of nitrogens with zero attached hydrogens (tertiary/aromatic N) is 1. The van der Waals surface area contributed by atoms with E-state index in [1.807, 2.05) is 17.8 Å². The van der Waals surface area contributed by atoms with Gasteiger partial charge in [0.15, 0.2) is 0 Å². The van der Waals surface area contributed by atoms with E-state index in [1.165, 1.54) is 22.7 Å². The second kappa shape index (κ2) is 5.89. The summed E-state index contributed by atoms with van der Waals surface area (Å²) in [6, 6.07) is 1.69. The summed E-state index contributed by atoms with van der Waals surface area (Å²) in [6.07, 6.45) is 0. The van der Waals surface area contributed by atoms with Crippen molar-refractivity contribution in [1.82, 2.24) is 15.0 Å². The SMILES string of the molecule is CNCc1csc(S(=O)(=O)NCc2cscn2)c1. The van der Waals surface area contributed by atoms with Gasteiger partial charge in [-0.25, -0.2) is 18.1 Å². The lowest BCUT2D eigenvalue weighted by atomic mass is 10.3. The molecular weight excluding hydrogens is 290 g/mol. The Morgan fingerprint density at radius 1 is 1.33 bits per heavy atom. The Morgan fingerprint density at radius 2 is 2.17 bits per heavy atom. The smallest absolute Gasteiger partial charge is 0.250 e. The third-order valence-corrected chi connectivity index (χ3v) is 5.73. The van der Waals surface area contributed by atoms with Crippen molar-refractivity contribution in [3.63, 3.8) is 0 Å². The molecule has 0 saturated carbocycles. The standard InChI is InChI=1S/C10H13N3O2S3/c1-11-3-8-2-10(17-5-8)18(14,15)13-4-9-6-16-7-12-9/h2,5-7,11,13H,3-4H2,1H3. The first-order valence-corrected chi connectivity index (χ1v) is 8.51. The van der Waals surface area contributed by atoms with E-state index in [9.17, 15) is 8.42 Å². The van der Waals surface area contributed by atoms with Crippen molar-refractivity contribution in [1.29, 1.82) is 0 Å². The van der Waals surface area contributed by atoms with Crippen LogP contribution in [0.3, 0.4) is 0 Å². The van der Waals surface area contributed by atoms with Gasteiger partial charge in [-0.05, 0) is 24.1 Å². The first-order valence-electron chi connectivity index (χ1n) is 5.20. The van der Waals surface area contributed by atoms with Crippen LogP contribution in [0.15, 0.2) is 26.5 Å². The molecule has 0 aliphatic carbocycles. The van der Waals surface area contributed by atoms with Crippen molar-refractivity contribution >= 4 is 32.7 Å². The van der Waals surface area contributed by atoms with Gasteiger partial charge in [-0.2, -0.15) is 0 Å². The molecule has 8 heteroatoms. The third kappa shape index (κ3) is 3.36. The molecule has 5 nitrogen and oxygen atoms in total. The first-order chi connectivity index (χ1) is 8.62. The number of hydrogen-bond acceptors (Lipinski definition) is 6. The van der Waals surface area contributed by atoms with Crippen LogP contribution in [0.5, 0.6) is 0 Å². The van der Waals surface area contributed by atoms with Gasteiger partial charge in [0.25, 0.3) is 0 Å². The van der Waals surface area contributed by atoms with Gasteiger partial charge < -0.3 is 5.32 Å². The van der Waals surface area contributed by atoms with Crippen LogP contribution in [0.1, 0.15) is 11.3 Å². The second-order valence-electron chi connectivity index (χ2n) is 3.61. The summed E-state index contributed by atoms with van der Waals surface area (Å²) in [5.74, 6) is 0. The number of nitrogens with one attached hydrogen (secondary N) is 2. The van der Waals surface area contributed by atoms with Crippen molar-refractivity contribution in [2.75, 3.05) is 7.05 Å². The fourth-order valence-electron chi connectivity index (χ4n) is 1.36.